The van der Waals surface area contributed by atoms with Crippen molar-refractivity contribution in [2.24, 2.45) is 10.9 Å². The van der Waals surface area contributed by atoms with Crippen LogP contribution in [0.3, 0.4) is 0 Å². The van der Waals surface area contributed by atoms with Gasteiger partial charge in [-0.15, -0.1) is 0 Å². The summed E-state index contributed by atoms with van der Waals surface area (Å²) >= 11 is 0. The lowest BCUT2D eigenvalue weighted by Crippen LogP contribution is -2.34. The van der Waals surface area contributed by atoms with Crippen LogP contribution in [0.2, 0.25) is 0 Å². The van der Waals surface area contributed by atoms with Gasteiger partial charge in [0, 0.05) is 42.2 Å². The zero-order chi connectivity index (χ0) is 25.8. The minimum Gasteiger partial charge on any atom is -0.481 e. The number of amides is 1. The molecule has 2 aromatic carbocycles. The second kappa shape index (κ2) is 13.6. The van der Waals surface area contributed by atoms with Crippen molar-refractivity contribution < 1.29 is 14.7 Å². The maximum atomic E-state index is 12.7. The van der Waals surface area contributed by atoms with Gasteiger partial charge in [-0.2, -0.15) is 4.99 Å². The molecule has 1 amide bonds. The molecule has 0 aliphatic heterocycles. The van der Waals surface area contributed by atoms with Crippen molar-refractivity contribution in [2.75, 3.05) is 11.9 Å². The van der Waals surface area contributed by atoms with Gasteiger partial charge in [0.15, 0.2) is 0 Å². The average Bonchev–Trinajstić information content (AvgIpc) is 2.88. The fraction of sp³-hybridized carbons (Fsp3) is 0.241. The first-order valence-corrected chi connectivity index (χ1v) is 12.0. The topological polar surface area (TPSA) is 104 Å². The molecule has 7 heteroatoms. The zero-order valence-electron chi connectivity index (χ0n) is 20.6. The standard InChI is InChI=1S/C29H32N4O3/c1-21(2)19-31-29(33-28(36)22-10-4-3-5-11-22)32-25-14-8-12-23(18-25)26(15-6-7-16-27(34)35)24-13-9-17-30-20-24/h3-5,8-15,17-18,20-21H,6-7,16,19H2,1-2H3,(H,34,35)(H2,31,32,33,36). The fourth-order valence-corrected chi connectivity index (χ4v) is 3.48. The number of carbonyl (C=O) groups is 2. The molecule has 0 saturated carbocycles. The second-order valence-electron chi connectivity index (χ2n) is 8.76. The van der Waals surface area contributed by atoms with E-state index in [0.717, 1.165) is 22.4 Å². The van der Waals surface area contributed by atoms with E-state index in [0.29, 0.717) is 36.8 Å². The van der Waals surface area contributed by atoms with E-state index in [1.807, 2.05) is 60.7 Å². The molecule has 3 N–H and O–H groups in total. The van der Waals surface area contributed by atoms with Crippen molar-refractivity contribution in [1.82, 2.24) is 10.3 Å². The molecule has 0 bridgehead atoms. The average molecular weight is 485 g/mol. The maximum Gasteiger partial charge on any atom is 0.303 e. The van der Waals surface area contributed by atoms with E-state index >= 15 is 0 Å². The van der Waals surface area contributed by atoms with Crippen LogP contribution in [0.5, 0.6) is 0 Å². The van der Waals surface area contributed by atoms with Crippen molar-refractivity contribution in [3.63, 3.8) is 0 Å². The minimum absolute atomic E-state index is 0.120. The molecule has 1 aromatic heterocycles. The third-order valence-electron chi connectivity index (χ3n) is 5.26. The number of aliphatic carboxylic acids is 1. The van der Waals surface area contributed by atoms with Crippen LogP contribution < -0.4 is 10.6 Å². The number of hydrogen-bond donors (Lipinski definition) is 3. The number of nitrogens with zero attached hydrogens (tertiary/aromatic N) is 2. The van der Waals surface area contributed by atoms with Crippen LogP contribution in [-0.2, 0) is 4.79 Å². The number of unbranched alkanes of at least 4 members (excludes halogenated alkanes) is 1. The van der Waals surface area contributed by atoms with Gasteiger partial charge in [-0.3, -0.25) is 14.6 Å². The van der Waals surface area contributed by atoms with Crippen LogP contribution in [-0.4, -0.2) is 34.5 Å². The molecular formula is C29H32N4O3. The molecule has 0 radical (unpaired) electrons. The molecule has 1 heterocycles. The molecule has 3 rings (SSSR count). The molecule has 186 valence electrons. The normalized spacial score (nSPS) is 11.9. The highest BCUT2D eigenvalue weighted by Crippen LogP contribution is 2.26. The van der Waals surface area contributed by atoms with Crippen LogP contribution in [0.4, 0.5) is 5.69 Å². The number of nitrogens with one attached hydrogen (secondary N) is 2. The Morgan fingerprint density at radius 1 is 1.00 bits per heavy atom. The van der Waals surface area contributed by atoms with E-state index < -0.39 is 5.97 Å². The molecule has 0 unspecified atom stereocenters. The van der Waals surface area contributed by atoms with Crippen molar-refractivity contribution in [2.45, 2.75) is 33.1 Å². The number of carboxylic acid groups (broad SMARTS) is 1. The molecule has 0 aliphatic rings. The lowest BCUT2D eigenvalue weighted by molar-refractivity contribution is -0.137. The Labute approximate surface area is 212 Å². The van der Waals surface area contributed by atoms with Crippen molar-refractivity contribution in [1.29, 1.82) is 0 Å². The predicted octanol–water partition coefficient (Wildman–Crippen LogP) is 5.62. The van der Waals surface area contributed by atoms with Gasteiger partial charge in [0.25, 0.3) is 5.91 Å². The first kappa shape index (κ1) is 26.3. The molecule has 0 atom stereocenters. The number of pyridine rings is 1. The molecule has 0 aliphatic carbocycles. The lowest BCUT2D eigenvalue weighted by Gasteiger charge is -2.15. The smallest absolute Gasteiger partial charge is 0.303 e. The summed E-state index contributed by atoms with van der Waals surface area (Å²) in [4.78, 5) is 32.2. The molecule has 7 nitrogen and oxygen atoms in total. The maximum absolute atomic E-state index is 12.7. The highest BCUT2D eigenvalue weighted by molar-refractivity contribution is 6.06. The summed E-state index contributed by atoms with van der Waals surface area (Å²) in [6, 6.07) is 20.6. The summed E-state index contributed by atoms with van der Waals surface area (Å²) < 4.78 is 0. The van der Waals surface area contributed by atoms with Crippen LogP contribution in [0.15, 0.2) is 90.2 Å². The number of hydrogen-bond acceptors (Lipinski definition) is 3. The van der Waals surface area contributed by atoms with Crippen molar-refractivity contribution in [3.8, 4) is 0 Å². The van der Waals surface area contributed by atoms with Crippen LogP contribution in [0.25, 0.3) is 5.57 Å². The van der Waals surface area contributed by atoms with E-state index in [1.54, 1.807) is 24.5 Å². The molecule has 36 heavy (non-hydrogen) atoms. The lowest BCUT2D eigenvalue weighted by atomic mass is 9.97. The largest absolute Gasteiger partial charge is 0.481 e. The van der Waals surface area contributed by atoms with Gasteiger partial charge in [0.2, 0.25) is 5.96 Å². The molecule has 0 saturated heterocycles. The number of aromatic nitrogens is 1. The monoisotopic (exact) mass is 484 g/mol. The minimum atomic E-state index is -0.803. The number of rotatable bonds is 10. The third kappa shape index (κ3) is 8.51. The summed E-state index contributed by atoms with van der Waals surface area (Å²) in [5.74, 6) is -0.396. The third-order valence-corrected chi connectivity index (χ3v) is 5.26. The van der Waals surface area contributed by atoms with E-state index in [-0.39, 0.29) is 12.3 Å². The number of aliphatic imine (C=N–C) groups is 1. The van der Waals surface area contributed by atoms with E-state index in [9.17, 15) is 9.59 Å². The first-order valence-electron chi connectivity index (χ1n) is 12.0. The predicted molar refractivity (Wildman–Crippen MR) is 144 cm³/mol. The van der Waals surface area contributed by atoms with Gasteiger partial charge in [0.1, 0.15) is 0 Å². The number of guanidine groups is 1. The molecule has 0 spiro atoms. The highest BCUT2D eigenvalue weighted by atomic mass is 16.4. The quantitative estimate of drug-likeness (QED) is 0.196. The van der Waals surface area contributed by atoms with Gasteiger partial charge in [0.05, 0.1) is 0 Å². The number of carbonyl (C=O) groups excluding carboxylic acids is 1. The Kier molecular flexibility index (Phi) is 9.94. The Morgan fingerprint density at radius 3 is 2.44 bits per heavy atom. The fourth-order valence-electron chi connectivity index (χ4n) is 3.48. The first-order chi connectivity index (χ1) is 17.4. The Bertz CT molecular complexity index is 1210. The SMILES string of the molecule is CC(C)CNC(=NC(=O)c1ccccc1)Nc1cccc(C(=CCCCC(=O)O)c2cccnc2)c1. The van der Waals surface area contributed by atoms with Gasteiger partial charge in [-0.1, -0.05) is 56.3 Å². The van der Waals surface area contributed by atoms with Crippen molar-refractivity contribution >= 4 is 29.1 Å². The van der Waals surface area contributed by atoms with Crippen LogP contribution >= 0.6 is 0 Å². The Balaban J connectivity index is 1.88. The number of allylic oxidation sites excluding steroid dienone is 1. The molecule has 3 aromatic rings. The van der Waals surface area contributed by atoms with E-state index in [1.165, 1.54) is 0 Å². The van der Waals surface area contributed by atoms with Crippen molar-refractivity contribution in [3.05, 3.63) is 102 Å². The number of carboxylic acids is 1. The van der Waals surface area contributed by atoms with Crippen LogP contribution in [0.1, 0.15) is 54.6 Å². The summed E-state index contributed by atoms with van der Waals surface area (Å²) in [6.45, 7) is 4.82. The molecule has 0 fully saturated rings. The van der Waals surface area contributed by atoms with Gasteiger partial charge in [-0.05, 0) is 60.2 Å². The van der Waals surface area contributed by atoms with Gasteiger partial charge >= 0.3 is 5.97 Å². The van der Waals surface area contributed by atoms with Gasteiger partial charge in [-0.25, -0.2) is 0 Å². The van der Waals surface area contributed by atoms with E-state index in [4.69, 9.17) is 5.11 Å². The highest BCUT2D eigenvalue weighted by Gasteiger charge is 2.10. The number of benzene rings is 2. The Morgan fingerprint density at radius 2 is 1.75 bits per heavy atom. The summed E-state index contributed by atoms with van der Waals surface area (Å²) in [6.07, 6.45) is 6.85. The summed E-state index contributed by atoms with van der Waals surface area (Å²) in [5, 5.41) is 15.5. The van der Waals surface area contributed by atoms with E-state index in [2.05, 4.69) is 34.5 Å². The van der Waals surface area contributed by atoms with Crippen LogP contribution in [0, 0.1) is 5.92 Å². The summed E-state index contributed by atoms with van der Waals surface area (Å²) in [7, 11) is 0. The second-order valence-corrected chi connectivity index (χ2v) is 8.76. The molecular weight excluding hydrogens is 452 g/mol. The zero-order valence-corrected chi connectivity index (χ0v) is 20.6. The Hall–Kier alpha value is -4.26. The number of anilines is 1. The van der Waals surface area contributed by atoms with Gasteiger partial charge < -0.3 is 15.7 Å². The summed E-state index contributed by atoms with van der Waals surface area (Å²) in [5.41, 5.74) is 4.13.